The smallest absolute Gasteiger partial charge is 0.194 e. The Labute approximate surface area is 84.1 Å². The molecular weight excluding hydrogens is 245 g/mol. The maximum atomic E-state index is 12.9. The summed E-state index contributed by atoms with van der Waals surface area (Å²) in [6.45, 7) is 0. The Morgan fingerprint density at radius 2 is 1.56 bits per heavy atom. The van der Waals surface area contributed by atoms with E-state index in [-0.39, 0.29) is 6.07 Å². The first-order valence-corrected chi connectivity index (χ1v) is 3.63. The van der Waals surface area contributed by atoms with Crippen LogP contribution in [0.4, 0.5) is 30.7 Å². The zero-order valence-corrected chi connectivity index (χ0v) is 7.19. The minimum Gasteiger partial charge on any atom is -0.194 e. The minimum absolute atomic E-state index is 0.284. The van der Waals surface area contributed by atoms with Crippen LogP contribution in [0.5, 0.6) is 0 Å². The Morgan fingerprint density at radius 1 is 1.00 bits per heavy atom. The highest BCUT2D eigenvalue weighted by Gasteiger charge is 2.73. The number of hydrogen-bond donors (Lipinski definition) is 0. The zero-order valence-electron chi connectivity index (χ0n) is 7.19. The maximum Gasteiger partial charge on any atom is 0.460 e. The molecule has 0 aliphatic carbocycles. The van der Waals surface area contributed by atoms with E-state index in [4.69, 9.17) is 0 Å². The van der Waals surface area contributed by atoms with Crippen LogP contribution in [-0.2, 0) is 5.92 Å². The van der Waals surface area contributed by atoms with Crippen LogP contribution in [-0.4, -0.2) is 22.3 Å². The van der Waals surface area contributed by atoms with Crippen LogP contribution in [0.3, 0.4) is 0 Å². The summed E-state index contributed by atoms with van der Waals surface area (Å²) in [7, 11) is 0. The summed E-state index contributed by atoms with van der Waals surface area (Å²) < 4.78 is 85.8. The van der Waals surface area contributed by atoms with Gasteiger partial charge in [-0.15, -0.1) is 5.10 Å². The summed E-state index contributed by atoms with van der Waals surface area (Å²) in [5, 5.41) is 5.63. The van der Waals surface area contributed by atoms with Crippen molar-refractivity contribution in [3.8, 4) is 0 Å². The molecule has 9 heteroatoms. The van der Waals surface area contributed by atoms with E-state index in [9.17, 15) is 30.7 Å². The first kappa shape index (κ1) is 12.7. The Morgan fingerprint density at radius 3 is 1.94 bits per heavy atom. The molecule has 0 saturated carbocycles. The van der Waals surface area contributed by atoms with E-state index in [1.165, 1.54) is 6.20 Å². The van der Waals surface area contributed by atoms with Gasteiger partial charge in [0.05, 0.1) is 11.8 Å². The first-order chi connectivity index (χ1) is 7.11. The van der Waals surface area contributed by atoms with Gasteiger partial charge in [0.2, 0.25) is 0 Å². The third-order valence-electron chi connectivity index (χ3n) is 1.62. The van der Waals surface area contributed by atoms with Crippen molar-refractivity contribution in [2.75, 3.05) is 0 Å². The van der Waals surface area contributed by atoms with Crippen molar-refractivity contribution in [3.63, 3.8) is 0 Å². The third kappa shape index (κ3) is 1.81. The molecule has 0 aromatic carbocycles. The average molecular weight is 247 g/mol. The highest BCUT2D eigenvalue weighted by atomic mass is 19.4. The van der Waals surface area contributed by atoms with Crippen LogP contribution >= 0.6 is 0 Å². The molecule has 0 amide bonds. The molecule has 0 atom stereocenters. The summed E-state index contributed by atoms with van der Waals surface area (Å²) in [4.78, 5) is 0. The molecule has 0 N–H and O–H groups in total. The van der Waals surface area contributed by atoms with Crippen LogP contribution < -0.4 is 0 Å². The van der Waals surface area contributed by atoms with E-state index in [1.54, 1.807) is 0 Å². The number of alkyl halides is 7. The Hall–Kier alpha value is -1.41. The van der Waals surface area contributed by atoms with E-state index in [2.05, 4.69) is 10.2 Å². The van der Waals surface area contributed by atoms with Gasteiger partial charge in [0, 0.05) is 0 Å². The highest BCUT2D eigenvalue weighted by molar-refractivity contribution is 5.16. The second kappa shape index (κ2) is 3.56. The average Bonchev–Trinajstić information content (AvgIpc) is 2.17. The molecule has 89 valence electrons. The largest absolute Gasteiger partial charge is 0.460 e. The summed E-state index contributed by atoms with van der Waals surface area (Å²) in [6.07, 6.45) is -4.51. The predicted molar refractivity (Wildman–Crippen MR) is 35.8 cm³/mol. The van der Waals surface area contributed by atoms with Crippen LogP contribution in [0.2, 0.25) is 0 Å². The normalized spacial score (nSPS) is 13.9. The van der Waals surface area contributed by atoms with E-state index >= 15 is 0 Å². The molecule has 1 aromatic heterocycles. The molecule has 0 bridgehead atoms. The van der Waals surface area contributed by atoms with Gasteiger partial charge in [-0.05, 0) is 6.07 Å². The number of hydrogen-bond acceptors (Lipinski definition) is 2. The van der Waals surface area contributed by atoms with Gasteiger partial charge in [-0.3, -0.25) is 0 Å². The standard InChI is InChI=1S/C7H2F7N2/c8-5(9,4-1-2-15-16-3-4)6(10,11)7(12,13)14/h1-2H. The highest BCUT2D eigenvalue weighted by Crippen LogP contribution is 2.51. The van der Waals surface area contributed by atoms with Crippen molar-refractivity contribution >= 4 is 0 Å². The van der Waals surface area contributed by atoms with Crippen molar-refractivity contribution in [3.05, 3.63) is 24.0 Å². The second-order valence-corrected chi connectivity index (χ2v) is 2.70. The third-order valence-corrected chi connectivity index (χ3v) is 1.62. The lowest BCUT2D eigenvalue weighted by Gasteiger charge is -2.27. The lowest BCUT2D eigenvalue weighted by Crippen LogP contribution is -2.50. The van der Waals surface area contributed by atoms with Crippen LogP contribution in [0, 0.1) is 6.20 Å². The first-order valence-electron chi connectivity index (χ1n) is 3.63. The second-order valence-electron chi connectivity index (χ2n) is 2.70. The molecule has 0 saturated heterocycles. The van der Waals surface area contributed by atoms with Gasteiger partial charge in [0.15, 0.2) is 0 Å². The molecule has 1 heterocycles. The lowest BCUT2D eigenvalue weighted by molar-refractivity contribution is -0.359. The fraction of sp³-hybridized carbons (Fsp3) is 0.429. The molecule has 0 aliphatic rings. The van der Waals surface area contributed by atoms with Crippen molar-refractivity contribution in [2.24, 2.45) is 0 Å². The SMILES string of the molecule is FC(F)(F)C(F)(F)C(F)(F)c1[c]nncc1. The van der Waals surface area contributed by atoms with Gasteiger partial charge in [-0.2, -0.15) is 35.8 Å². The Kier molecular flexibility index (Phi) is 2.82. The monoisotopic (exact) mass is 247 g/mol. The van der Waals surface area contributed by atoms with E-state index < -0.39 is 23.6 Å². The fourth-order valence-corrected chi connectivity index (χ4v) is 0.783. The number of aromatic nitrogens is 2. The molecular formula is C7H2F7N2. The van der Waals surface area contributed by atoms with Gasteiger partial charge < -0.3 is 0 Å². The molecule has 0 aliphatic heterocycles. The van der Waals surface area contributed by atoms with Crippen molar-refractivity contribution < 1.29 is 30.7 Å². The minimum atomic E-state index is -6.37. The number of rotatable bonds is 2. The molecule has 16 heavy (non-hydrogen) atoms. The summed E-state index contributed by atoms with van der Waals surface area (Å²) in [5.74, 6) is -11.6. The van der Waals surface area contributed by atoms with Crippen LogP contribution in [0.1, 0.15) is 5.56 Å². The summed E-state index contributed by atoms with van der Waals surface area (Å²) >= 11 is 0. The van der Waals surface area contributed by atoms with Crippen molar-refractivity contribution in [1.82, 2.24) is 10.2 Å². The molecule has 0 spiro atoms. The van der Waals surface area contributed by atoms with Gasteiger partial charge in [0.25, 0.3) is 0 Å². The summed E-state index contributed by atoms with van der Waals surface area (Å²) in [5.41, 5.74) is -1.68. The van der Waals surface area contributed by atoms with Gasteiger partial charge in [0.1, 0.15) is 6.20 Å². The van der Waals surface area contributed by atoms with Gasteiger partial charge in [-0.25, -0.2) is 0 Å². The lowest BCUT2D eigenvalue weighted by atomic mass is 10.0. The summed E-state index contributed by atoms with van der Waals surface area (Å²) in [6, 6.07) is 0.284. The molecule has 0 unspecified atom stereocenters. The Bertz CT molecular complexity index is 359. The van der Waals surface area contributed by atoms with Crippen molar-refractivity contribution in [2.45, 2.75) is 18.0 Å². The van der Waals surface area contributed by atoms with E-state index in [0.717, 1.165) is 0 Å². The number of halogens is 7. The molecule has 1 radical (unpaired) electrons. The Balaban J connectivity index is 3.22. The van der Waals surface area contributed by atoms with Crippen LogP contribution in [0.25, 0.3) is 0 Å². The number of nitrogens with zero attached hydrogens (tertiary/aromatic N) is 2. The molecule has 2 nitrogen and oxygen atoms in total. The van der Waals surface area contributed by atoms with Crippen molar-refractivity contribution in [1.29, 1.82) is 0 Å². The van der Waals surface area contributed by atoms with Gasteiger partial charge >= 0.3 is 18.0 Å². The molecule has 1 rings (SSSR count). The molecule has 1 aromatic rings. The fourth-order valence-electron chi connectivity index (χ4n) is 0.783. The predicted octanol–water partition coefficient (Wildman–Crippen LogP) is 2.57. The molecule has 0 fully saturated rings. The maximum absolute atomic E-state index is 12.9. The van der Waals surface area contributed by atoms with Crippen LogP contribution in [0.15, 0.2) is 12.3 Å². The van der Waals surface area contributed by atoms with E-state index in [0.29, 0.717) is 6.20 Å². The zero-order chi connectivity index (χ0) is 12.6. The quantitative estimate of drug-likeness (QED) is 0.750. The topological polar surface area (TPSA) is 25.8 Å². The van der Waals surface area contributed by atoms with Gasteiger partial charge in [-0.1, -0.05) is 0 Å². The van der Waals surface area contributed by atoms with E-state index in [1.807, 2.05) is 0 Å².